The number of aromatic amines is 1. The van der Waals surface area contributed by atoms with Crippen LogP contribution in [0.5, 0.6) is 0 Å². The van der Waals surface area contributed by atoms with Crippen LogP contribution in [-0.2, 0) is 4.79 Å². The molecule has 0 aromatic carbocycles. The van der Waals surface area contributed by atoms with E-state index in [-0.39, 0.29) is 12.2 Å². The summed E-state index contributed by atoms with van der Waals surface area (Å²) in [6, 6.07) is 0. The number of amides is 1. The zero-order valence-electron chi connectivity index (χ0n) is 9.86. The summed E-state index contributed by atoms with van der Waals surface area (Å²) in [4.78, 5) is 22.8. The van der Waals surface area contributed by atoms with E-state index in [1.165, 1.54) is 6.20 Å². The molecule has 7 heteroatoms. The molecule has 0 aliphatic heterocycles. The number of aromatic nitrogens is 3. The molecule has 1 aromatic heterocycles. The van der Waals surface area contributed by atoms with Crippen molar-refractivity contribution in [3.8, 4) is 0 Å². The normalized spacial score (nSPS) is 11.2. The van der Waals surface area contributed by atoms with Crippen molar-refractivity contribution in [1.29, 1.82) is 0 Å². The molecule has 0 saturated carbocycles. The number of aliphatic carboxylic acids is 1. The summed E-state index contributed by atoms with van der Waals surface area (Å²) < 4.78 is 0. The molecule has 7 nitrogen and oxygen atoms in total. The number of hydrogen-bond acceptors (Lipinski definition) is 4. The van der Waals surface area contributed by atoms with Crippen LogP contribution in [-0.4, -0.2) is 38.9 Å². The monoisotopic (exact) mass is 240 g/mol. The van der Waals surface area contributed by atoms with Gasteiger partial charge in [-0.1, -0.05) is 13.8 Å². The summed E-state index contributed by atoms with van der Waals surface area (Å²) in [5.74, 6) is -1.32. The van der Waals surface area contributed by atoms with Gasteiger partial charge in [0.1, 0.15) is 0 Å². The molecule has 0 fully saturated rings. The highest BCUT2D eigenvalue weighted by molar-refractivity contribution is 5.92. The standard InChI is InChI=1S/C10H16N4O3/c1-3-10(4-2,9(16)17)6-11-8(15)7-5-12-14-13-7/h5H,3-4,6H2,1-2H3,(H,11,15)(H,16,17)(H,12,13,14). The fourth-order valence-corrected chi connectivity index (χ4v) is 1.53. The molecule has 0 aliphatic carbocycles. The molecule has 0 atom stereocenters. The first-order valence-electron chi connectivity index (χ1n) is 5.43. The van der Waals surface area contributed by atoms with E-state index in [1.807, 2.05) is 0 Å². The van der Waals surface area contributed by atoms with Gasteiger partial charge in [0.2, 0.25) is 0 Å². The molecule has 1 rings (SSSR count). The quantitative estimate of drug-likeness (QED) is 0.668. The Balaban J connectivity index is 2.65. The topological polar surface area (TPSA) is 108 Å². The fourth-order valence-electron chi connectivity index (χ4n) is 1.53. The summed E-state index contributed by atoms with van der Waals surface area (Å²) in [6.45, 7) is 3.67. The van der Waals surface area contributed by atoms with Crippen molar-refractivity contribution in [1.82, 2.24) is 20.7 Å². The van der Waals surface area contributed by atoms with E-state index >= 15 is 0 Å². The van der Waals surface area contributed by atoms with Crippen LogP contribution in [0.1, 0.15) is 37.2 Å². The number of rotatable bonds is 6. The lowest BCUT2D eigenvalue weighted by molar-refractivity contribution is -0.149. The van der Waals surface area contributed by atoms with Crippen LogP contribution in [0.3, 0.4) is 0 Å². The zero-order chi connectivity index (χ0) is 12.9. The molecule has 1 amide bonds. The van der Waals surface area contributed by atoms with E-state index in [1.54, 1.807) is 13.8 Å². The number of hydrogen-bond donors (Lipinski definition) is 3. The molecule has 0 unspecified atom stereocenters. The average molecular weight is 240 g/mol. The molecule has 0 spiro atoms. The van der Waals surface area contributed by atoms with Crippen LogP contribution in [0, 0.1) is 5.41 Å². The van der Waals surface area contributed by atoms with E-state index in [2.05, 4.69) is 20.7 Å². The zero-order valence-corrected chi connectivity index (χ0v) is 9.86. The van der Waals surface area contributed by atoms with Crippen molar-refractivity contribution in [2.75, 3.05) is 6.54 Å². The van der Waals surface area contributed by atoms with E-state index < -0.39 is 17.3 Å². The molecule has 0 saturated heterocycles. The first kappa shape index (κ1) is 13.1. The molecule has 0 radical (unpaired) electrons. The Morgan fingerprint density at radius 2 is 2.12 bits per heavy atom. The molecule has 17 heavy (non-hydrogen) atoms. The SMILES string of the molecule is CCC(CC)(CNC(=O)c1cn[nH]n1)C(=O)O. The first-order valence-corrected chi connectivity index (χ1v) is 5.43. The molecule has 0 bridgehead atoms. The number of carbonyl (C=O) groups excluding carboxylic acids is 1. The second-order valence-corrected chi connectivity index (χ2v) is 3.83. The largest absolute Gasteiger partial charge is 0.481 e. The minimum absolute atomic E-state index is 0.0844. The molecule has 1 aromatic rings. The third-order valence-corrected chi connectivity index (χ3v) is 3.04. The summed E-state index contributed by atoms with van der Waals surface area (Å²) in [5, 5.41) is 21.2. The highest BCUT2D eigenvalue weighted by Gasteiger charge is 2.35. The van der Waals surface area contributed by atoms with E-state index in [9.17, 15) is 14.7 Å². The van der Waals surface area contributed by atoms with Gasteiger partial charge in [-0.15, -0.1) is 0 Å². The fraction of sp³-hybridized carbons (Fsp3) is 0.600. The minimum atomic E-state index is -0.917. The number of H-pyrrole nitrogens is 1. The number of nitrogens with one attached hydrogen (secondary N) is 2. The van der Waals surface area contributed by atoms with Crippen molar-refractivity contribution in [2.45, 2.75) is 26.7 Å². The molecule has 94 valence electrons. The van der Waals surface area contributed by atoms with Crippen molar-refractivity contribution < 1.29 is 14.7 Å². The van der Waals surface area contributed by atoms with Crippen molar-refractivity contribution in [2.24, 2.45) is 5.41 Å². The highest BCUT2D eigenvalue weighted by atomic mass is 16.4. The van der Waals surface area contributed by atoms with Crippen LogP contribution < -0.4 is 5.32 Å². The maximum Gasteiger partial charge on any atom is 0.311 e. The lowest BCUT2D eigenvalue weighted by Gasteiger charge is -2.26. The summed E-state index contributed by atoms with van der Waals surface area (Å²) in [7, 11) is 0. The molecule has 3 N–H and O–H groups in total. The van der Waals surface area contributed by atoms with Gasteiger partial charge in [0, 0.05) is 6.54 Å². The Labute approximate surface area is 98.6 Å². The molecular weight excluding hydrogens is 224 g/mol. The van der Waals surface area contributed by atoms with Crippen LogP contribution in [0.4, 0.5) is 0 Å². The van der Waals surface area contributed by atoms with Gasteiger partial charge in [0.25, 0.3) is 5.91 Å². The average Bonchev–Trinajstić information content (AvgIpc) is 2.84. The van der Waals surface area contributed by atoms with Crippen LogP contribution >= 0.6 is 0 Å². The van der Waals surface area contributed by atoms with Gasteiger partial charge < -0.3 is 10.4 Å². The van der Waals surface area contributed by atoms with Crippen molar-refractivity contribution in [3.63, 3.8) is 0 Å². The van der Waals surface area contributed by atoms with E-state index in [0.717, 1.165) is 0 Å². The summed E-state index contributed by atoms with van der Waals surface area (Å²) in [5.41, 5.74) is -0.768. The Morgan fingerprint density at radius 1 is 1.47 bits per heavy atom. The predicted molar refractivity (Wildman–Crippen MR) is 59.4 cm³/mol. The molecule has 0 aliphatic rings. The highest BCUT2D eigenvalue weighted by Crippen LogP contribution is 2.25. The van der Waals surface area contributed by atoms with Gasteiger partial charge in [0.15, 0.2) is 5.69 Å². The molecular formula is C10H16N4O3. The van der Waals surface area contributed by atoms with Crippen LogP contribution in [0.15, 0.2) is 6.20 Å². The van der Waals surface area contributed by atoms with Crippen LogP contribution in [0.2, 0.25) is 0 Å². The van der Waals surface area contributed by atoms with Gasteiger partial charge >= 0.3 is 5.97 Å². The maximum atomic E-state index is 11.6. The first-order chi connectivity index (χ1) is 8.05. The Morgan fingerprint density at radius 3 is 2.53 bits per heavy atom. The van der Waals surface area contributed by atoms with E-state index in [4.69, 9.17) is 0 Å². The van der Waals surface area contributed by atoms with Gasteiger partial charge in [0.05, 0.1) is 11.6 Å². The van der Waals surface area contributed by atoms with Gasteiger partial charge in [-0.2, -0.15) is 15.4 Å². The minimum Gasteiger partial charge on any atom is -0.481 e. The van der Waals surface area contributed by atoms with Crippen molar-refractivity contribution in [3.05, 3.63) is 11.9 Å². The smallest absolute Gasteiger partial charge is 0.311 e. The Hall–Kier alpha value is -1.92. The van der Waals surface area contributed by atoms with Gasteiger partial charge in [-0.3, -0.25) is 9.59 Å². The van der Waals surface area contributed by atoms with Crippen LogP contribution in [0.25, 0.3) is 0 Å². The third-order valence-electron chi connectivity index (χ3n) is 3.04. The lowest BCUT2D eigenvalue weighted by atomic mass is 9.82. The maximum absolute atomic E-state index is 11.6. The van der Waals surface area contributed by atoms with E-state index in [0.29, 0.717) is 12.8 Å². The predicted octanol–water partition coefficient (Wildman–Crippen LogP) is 0.425. The Bertz CT molecular complexity index is 384. The summed E-state index contributed by atoms with van der Waals surface area (Å²) >= 11 is 0. The number of nitrogens with zero attached hydrogens (tertiary/aromatic N) is 2. The lowest BCUT2D eigenvalue weighted by Crippen LogP contribution is -2.42. The second kappa shape index (κ2) is 5.42. The third kappa shape index (κ3) is 2.80. The summed E-state index contributed by atoms with van der Waals surface area (Å²) in [6.07, 6.45) is 2.20. The molecule has 1 heterocycles. The van der Waals surface area contributed by atoms with Crippen molar-refractivity contribution >= 4 is 11.9 Å². The number of carboxylic acid groups (broad SMARTS) is 1. The van der Waals surface area contributed by atoms with Gasteiger partial charge in [-0.05, 0) is 12.8 Å². The second-order valence-electron chi connectivity index (χ2n) is 3.83. The number of carbonyl (C=O) groups is 2. The number of carboxylic acids is 1. The van der Waals surface area contributed by atoms with Gasteiger partial charge in [-0.25, -0.2) is 0 Å². The Kier molecular flexibility index (Phi) is 4.19.